The first-order valence-corrected chi connectivity index (χ1v) is 7.85. The van der Waals surface area contributed by atoms with Crippen molar-refractivity contribution in [2.45, 2.75) is 18.8 Å². The van der Waals surface area contributed by atoms with E-state index in [0.29, 0.717) is 37.8 Å². The van der Waals surface area contributed by atoms with Gasteiger partial charge < -0.3 is 18.7 Å². The Kier molecular flexibility index (Phi) is 3.47. The van der Waals surface area contributed by atoms with Crippen LogP contribution in [0.4, 0.5) is 0 Å². The molecule has 126 valence electrons. The molecule has 1 N–H and O–H groups in total. The van der Waals surface area contributed by atoms with Crippen molar-refractivity contribution in [1.82, 2.24) is 19.9 Å². The molecule has 3 heterocycles. The Hall–Kier alpha value is -2.84. The van der Waals surface area contributed by atoms with E-state index in [-0.39, 0.29) is 17.5 Å². The fourth-order valence-corrected chi connectivity index (χ4v) is 2.78. The van der Waals surface area contributed by atoms with E-state index in [0.717, 1.165) is 24.9 Å². The van der Waals surface area contributed by atoms with Crippen LogP contribution in [0.5, 0.6) is 0 Å². The van der Waals surface area contributed by atoms with Gasteiger partial charge in [-0.3, -0.25) is 14.6 Å². The molecule has 0 unspecified atom stereocenters. The molecule has 2 aliphatic rings. The van der Waals surface area contributed by atoms with Gasteiger partial charge in [0.2, 0.25) is 0 Å². The van der Waals surface area contributed by atoms with Crippen molar-refractivity contribution < 1.29 is 18.5 Å². The summed E-state index contributed by atoms with van der Waals surface area (Å²) >= 11 is 0. The molecule has 0 aromatic carbocycles. The lowest BCUT2D eigenvalue weighted by atomic mass is 10.2. The predicted molar refractivity (Wildman–Crippen MR) is 79.6 cm³/mol. The third kappa shape index (κ3) is 2.72. The van der Waals surface area contributed by atoms with Gasteiger partial charge in [-0.1, -0.05) is 5.16 Å². The van der Waals surface area contributed by atoms with Gasteiger partial charge in [0, 0.05) is 38.2 Å². The van der Waals surface area contributed by atoms with E-state index in [2.05, 4.69) is 14.6 Å². The molecule has 2 aromatic rings. The Morgan fingerprint density at radius 2 is 1.79 bits per heavy atom. The van der Waals surface area contributed by atoms with Gasteiger partial charge in [0.25, 0.3) is 11.8 Å². The van der Waals surface area contributed by atoms with E-state index < -0.39 is 5.76 Å². The maximum Gasteiger partial charge on any atom is 0.416 e. The van der Waals surface area contributed by atoms with Gasteiger partial charge in [-0.05, 0) is 12.8 Å². The number of H-pyrrole nitrogens is 1. The minimum atomic E-state index is -0.662. The van der Waals surface area contributed by atoms with Gasteiger partial charge >= 0.3 is 5.76 Å². The highest BCUT2D eigenvalue weighted by Crippen LogP contribution is 2.40. The quantitative estimate of drug-likeness (QED) is 0.872. The first kappa shape index (κ1) is 14.7. The van der Waals surface area contributed by atoms with Crippen LogP contribution in [0.1, 0.15) is 45.5 Å². The second-order valence-electron chi connectivity index (χ2n) is 6.04. The monoisotopic (exact) mass is 332 g/mol. The number of carbonyl (C=O) groups excluding carboxylic acids is 2. The van der Waals surface area contributed by atoms with Crippen LogP contribution < -0.4 is 5.76 Å². The Labute approximate surface area is 136 Å². The van der Waals surface area contributed by atoms with Crippen LogP contribution in [-0.4, -0.2) is 57.9 Å². The highest BCUT2D eigenvalue weighted by Gasteiger charge is 2.31. The number of hydrogen-bond acceptors (Lipinski definition) is 6. The average Bonchev–Trinajstić information content (AvgIpc) is 3.17. The molecule has 2 aromatic heterocycles. The Bertz CT molecular complexity index is 823. The second-order valence-corrected chi connectivity index (χ2v) is 6.04. The van der Waals surface area contributed by atoms with E-state index in [4.69, 9.17) is 4.52 Å². The summed E-state index contributed by atoms with van der Waals surface area (Å²) in [5, 5.41) is 3.86. The summed E-state index contributed by atoms with van der Waals surface area (Å²) in [7, 11) is 0. The molecule has 0 spiro atoms. The molecule has 24 heavy (non-hydrogen) atoms. The van der Waals surface area contributed by atoms with Gasteiger partial charge in [0.1, 0.15) is 17.7 Å². The number of nitrogens with one attached hydrogen (secondary N) is 1. The first-order chi connectivity index (χ1) is 11.6. The highest BCUT2D eigenvalue weighted by molar-refractivity contribution is 5.93. The van der Waals surface area contributed by atoms with E-state index in [1.807, 2.05) is 0 Å². The molecule has 0 atom stereocenters. The minimum Gasteiger partial charge on any atom is -0.416 e. The number of nitrogens with zero attached hydrogens (tertiary/aromatic N) is 3. The zero-order chi connectivity index (χ0) is 16.7. The maximum atomic E-state index is 12.4. The van der Waals surface area contributed by atoms with E-state index in [9.17, 15) is 14.4 Å². The van der Waals surface area contributed by atoms with Crippen LogP contribution in [0.25, 0.3) is 0 Å². The van der Waals surface area contributed by atoms with Crippen LogP contribution in [-0.2, 0) is 0 Å². The van der Waals surface area contributed by atoms with Crippen molar-refractivity contribution in [2.75, 3.05) is 26.2 Å². The van der Waals surface area contributed by atoms with Crippen LogP contribution >= 0.6 is 0 Å². The smallest absolute Gasteiger partial charge is 0.416 e. The van der Waals surface area contributed by atoms with E-state index in [1.54, 1.807) is 15.9 Å². The SMILES string of the molecule is O=C(c1cc(C2CC2)on1)N1CCN(C(=O)c2coc(=O)[nH]2)CC1. The lowest BCUT2D eigenvalue weighted by Crippen LogP contribution is -2.50. The summed E-state index contributed by atoms with van der Waals surface area (Å²) in [6, 6.07) is 1.72. The molecular formula is C15H16N4O5. The summed E-state index contributed by atoms with van der Waals surface area (Å²) < 4.78 is 9.79. The maximum absolute atomic E-state index is 12.4. The van der Waals surface area contributed by atoms with Gasteiger partial charge in [-0.15, -0.1) is 0 Å². The van der Waals surface area contributed by atoms with Crippen LogP contribution in [0, 0.1) is 0 Å². The molecule has 2 amide bonds. The highest BCUT2D eigenvalue weighted by atomic mass is 16.5. The summed E-state index contributed by atoms with van der Waals surface area (Å²) in [5.74, 6) is 0.0197. The largest absolute Gasteiger partial charge is 0.416 e. The molecule has 9 heteroatoms. The minimum absolute atomic E-state index is 0.116. The Balaban J connectivity index is 1.37. The second kappa shape index (κ2) is 5.66. The normalized spacial score (nSPS) is 18.0. The zero-order valence-electron chi connectivity index (χ0n) is 12.9. The Morgan fingerprint density at radius 1 is 1.12 bits per heavy atom. The number of aromatic amines is 1. The van der Waals surface area contributed by atoms with Crippen molar-refractivity contribution in [3.05, 3.63) is 40.0 Å². The standard InChI is InChI=1S/C15H16N4O5/c20-13(10-7-12(24-17-10)9-1-2-9)18-3-5-19(6-4-18)14(21)11-8-23-15(22)16-11/h7-9H,1-6H2,(H,16,22). The molecule has 2 fully saturated rings. The van der Waals surface area contributed by atoms with Crippen LogP contribution in [0.2, 0.25) is 0 Å². The van der Waals surface area contributed by atoms with Crippen LogP contribution in [0.3, 0.4) is 0 Å². The van der Waals surface area contributed by atoms with Crippen LogP contribution in [0.15, 0.2) is 26.1 Å². The number of carbonyl (C=O) groups is 2. The van der Waals surface area contributed by atoms with Crippen molar-refractivity contribution in [3.8, 4) is 0 Å². The molecule has 1 saturated heterocycles. The molecule has 1 aliphatic heterocycles. The summed E-state index contributed by atoms with van der Waals surface area (Å²) in [4.78, 5) is 41.2. The number of oxazole rings is 1. The third-order valence-electron chi connectivity index (χ3n) is 4.33. The molecule has 1 aliphatic carbocycles. The molecule has 4 rings (SSSR count). The van der Waals surface area contributed by atoms with E-state index in [1.165, 1.54) is 0 Å². The van der Waals surface area contributed by atoms with Crippen molar-refractivity contribution >= 4 is 11.8 Å². The molecular weight excluding hydrogens is 316 g/mol. The Morgan fingerprint density at radius 3 is 2.38 bits per heavy atom. The summed E-state index contributed by atoms with van der Waals surface area (Å²) in [6.45, 7) is 1.56. The number of hydrogen-bond donors (Lipinski definition) is 1. The van der Waals surface area contributed by atoms with Gasteiger partial charge in [-0.25, -0.2) is 4.79 Å². The molecule has 0 radical (unpaired) electrons. The average molecular weight is 332 g/mol. The molecule has 1 saturated carbocycles. The van der Waals surface area contributed by atoms with Gasteiger partial charge in [0.05, 0.1) is 0 Å². The predicted octanol–water partition coefficient (Wildman–Crippen LogP) is 0.432. The zero-order valence-corrected chi connectivity index (χ0v) is 12.9. The van der Waals surface area contributed by atoms with Gasteiger partial charge in [0.15, 0.2) is 5.69 Å². The third-order valence-corrected chi connectivity index (χ3v) is 4.33. The number of amides is 2. The van der Waals surface area contributed by atoms with Crippen molar-refractivity contribution in [3.63, 3.8) is 0 Å². The lowest BCUT2D eigenvalue weighted by Gasteiger charge is -2.33. The topological polar surface area (TPSA) is 113 Å². The first-order valence-electron chi connectivity index (χ1n) is 7.85. The van der Waals surface area contributed by atoms with Gasteiger partial charge in [-0.2, -0.15) is 0 Å². The fourth-order valence-electron chi connectivity index (χ4n) is 2.78. The number of piperazine rings is 1. The summed E-state index contributed by atoms with van der Waals surface area (Å²) in [6.07, 6.45) is 3.27. The molecule has 9 nitrogen and oxygen atoms in total. The summed E-state index contributed by atoms with van der Waals surface area (Å²) in [5.41, 5.74) is 0.432. The lowest BCUT2D eigenvalue weighted by molar-refractivity contribution is 0.0526. The fraction of sp³-hybridized carbons (Fsp3) is 0.467. The number of aromatic nitrogens is 2. The molecule has 0 bridgehead atoms. The number of rotatable bonds is 3. The van der Waals surface area contributed by atoms with E-state index >= 15 is 0 Å². The van der Waals surface area contributed by atoms with Crippen molar-refractivity contribution in [1.29, 1.82) is 0 Å². The van der Waals surface area contributed by atoms with Crippen molar-refractivity contribution in [2.24, 2.45) is 0 Å².